The Morgan fingerprint density at radius 3 is 2.40 bits per heavy atom. The third-order valence-corrected chi connectivity index (χ3v) is 3.79. The Labute approximate surface area is 124 Å². The second-order valence-corrected chi connectivity index (χ2v) is 6.11. The lowest BCUT2D eigenvalue weighted by Crippen LogP contribution is -2.31. The van der Waals surface area contributed by atoms with Crippen molar-refractivity contribution in [2.24, 2.45) is 0 Å². The fraction of sp³-hybridized carbons (Fsp3) is 0.375. The summed E-state index contributed by atoms with van der Waals surface area (Å²) in [5.74, 6) is -0.0140. The van der Waals surface area contributed by atoms with Crippen LogP contribution < -0.4 is 0 Å². The van der Waals surface area contributed by atoms with Crippen LogP contribution >= 0.6 is 11.6 Å². The highest BCUT2D eigenvalue weighted by Crippen LogP contribution is 2.31. The first-order valence-corrected chi connectivity index (χ1v) is 7.07. The molecule has 20 heavy (non-hydrogen) atoms. The lowest BCUT2D eigenvalue weighted by atomic mass is 9.79. The van der Waals surface area contributed by atoms with Crippen molar-refractivity contribution in [3.05, 3.63) is 52.8 Å². The molecule has 3 nitrogen and oxygen atoms in total. The summed E-state index contributed by atoms with van der Waals surface area (Å²) in [5.41, 5.74) is 0.811. The molecule has 2 rings (SSSR count). The molecule has 0 bridgehead atoms. The molecule has 0 aliphatic rings. The van der Waals surface area contributed by atoms with Gasteiger partial charge in [0.15, 0.2) is 5.78 Å². The van der Waals surface area contributed by atoms with Crippen molar-refractivity contribution < 1.29 is 4.79 Å². The van der Waals surface area contributed by atoms with E-state index >= 15 is 0 Å². The second kappa shape index (κ2) is 5.41. The number of Topliss-reactive ketones (excluding diaryl/α,β-unsaturated/α-hetero) is 1. The van der Waals surface area contributed by atoms with Crippen molar-refractivity contribution >= 4 is 17.4 Å². The van der Waals surface area contributed by atoms with E-state index in [9.17, 15) is 4.79 Å². The SMILES string of the molecule is CC(C)n1ncc(Cl)c1C(=O)C(C)(C)c1ccccc1. The van der Waals surface area contributed by atoms with E-state index in [1.165, 1.54) is 6.20 Å². The molecule has 0 saturated heterocycles. The van der Waals surface area contributed by atoms with Crippen molar-refractivity contribution in [2.45, 2.75) is 39.2 Å². The summed E-state index contributed by atoms with van der Waals surface area (Å²) in [6, 6.07) is 9.82. The fourth-order valence-electron chi connectivity index (χ4n) is 2.23. The van der Waals surface area contributed by atoms with Crippen molar-refractivity contribution in [1.82, 2.24) is 9.78 Å². The van der Waals surface area contributed by atoms with Gasteiger partial charge in [-0.1, -0.05) is 41.9 Å². The van der Waals surface area contributed by atoms with Gasteiger partial charge in [-0.25, -0.2) is 0 Å². The fourth-order valence-corrected chi connectivity index (χ4v) is 2.44. The van der Waals surface area contributed by atoms with Gasteiger partial charge >= 0.3 is 0 Å². The summed E-state index contributed by atoms with van der Waals surface area (Å²) in [7, 11) is 0. The summed E-state index contributed by atoms with van der Waals surface area (Å²) in [4.78, 5) is 12.9. The maximum Gasteiger partial charge on any atom is 0.192 e. The Morgan fingerprint density at radius 2 is 1.85 bits per heavy atom. The van der Waals surface area contributed by atoms with Gasteiger partial charge in [-0.05, 0) is 33.3 Å². The predicted octanol–water partition coefficient (Wildman–Crippen LogP) is 4.28. The van der Waals surface area contributed by atoms with E-state index in [4.69, 9.17) is 11.6 Å². The van der Waals surface area contributed by atoms with Gasteiger partial charge in [0.05, 0.1) is 16.6 Å². The van der Waals surface area contributed by atoms with Crippen LogP contribution in [-0.4, -0.2) is 15.6 Å². The standard InChI is InChI=1S/C16H19ClN2O/c1-11(2)19-14(13(17)10-18-19)15(20)16(3,4)12-8-6-5-7-9-12/h5-11H,1-4H3. The van der Waals surface area contributed by atoms with Gasteiger partial charge in [-0.15, -0.1) is 0 Å². The molecule has 1 heterocycles. The van der Waals surface area contributed by atoms with Crippen LogP contribution in [0.2, 0.25) is 5.02 Å². The van der Waals surface area contributed by atoms with Crippen molar-refractivity contribution in [3.8, 4) is 0 Å². The molecule has 4 heteroatoms. The largest absolute Gasteiger partial charge is 0.291 e. The third kappa shape index (κ3) is 2.50. The maximum absolute atomic E-state index is 12.9. The number of nitrogens with zero attached hydrogens (tertiary/aromatic N) is 2. The Bertz CT molecular complexity index is 615. The Balaban J connectivity index is 2.49. The van der Waals surface area contributed by atoms with Gasteiger partial charge in [0.25, 0.3) is 0 Å². The lowest BCUT2D eigenvalue weighted by Gasteiger charge is -2.25. The summed E-state index contributed by atoms with van der Waals surface area (Å²) >= 11 is 6.17. The van der Waals surface area contributed by atoms with Gasteiger partial charge in [0.1, 0.15) is 5.69 Å². The minimum atomic E-state index is -0.641. The summed E-state index contributed by atoms with van der Waals surface area (Å²) in [6.45, 7) is 7.79. The number of hydrogen-bond acceptors (Lipinski definition) is 2. The van der Waals surface area contributed by atoms with Gasteiger partial charge < -0.3 is 0 Å². The Morgan fingerprint density at radius 1 is 1.25 bits per heavy atom. The quantitative estimate of drug-likeness (QED) is 0.788. The highest BCUT2D eigenvalue weighted by Gasteiger charge is 2.34. The zero-order valence-electron chi connectivity index (χ0n) is 12.2. The molecule has 0 aliphatic heterocycles. The van der Waals surface area contributed by atoms with Crippen molar-refractivity contribution in [3.63, 3.8) is 0 Å². The zero-order valence-corrected chi connectivity index (χ0v) is 13.0. The van der Waals surface area contributed by atoms with Crippen LogP contribution in [0.1, 0.15) is 49.8 Å². The first-order valence-electron chi connectivity index (χ1n) is 6.69. The number of carbonyl (C=O) groups excluding carboxylic acids is 1. The number of hydrogen-bond donors (Lipinski definition) is 0. The van der Waals surface area contributed by atoms with E-state index in [1.54, 1.807) is 4.68 Å². The zero-order chi connectivity index (χ0) is 14.9. The van der Waals surface area contributed by atoms with E-state index < -0.39 is 5.41 Å². The lowest BCUT2D eigenvalue weighted by molar-refractivity contribution is 0.0896. The molecular weight excluding hydrogens is 272 g/mol. The molecule has 0 amide bonds. The molecule has 0 atom stereocenters. The second-order valence-electron chi connectivity index (χ2n) is 5.70. The van der Waals surface area contributed by atoms with Crippen molar-refractivity contribution in [2.75, 3.05) is 0 Å². The van der Waals surface area contributed by atoms with Gasteiger partial charge in [-0.3, -0.25) is 9.48 Å². The highest BCUT2D eigenvalue weighted by atomic mass is 35.5. The van der Waals surface area contributed by atoms with Crippen LogP contribution in [0.15, 0.2) is 36.5 Å². The first kappa shape index (κ1) is 14.8. The van der Waals surface area contributed by atoms with Gasteiger partial charge in [-0.2, -0.15) is 5.10 Å². The monoisotopic (exact) mass is 290 g/mol. The number of ketones is 1. The molecule has 0 saturated carbocycles. The summed E-state index contributed by atoms with van der Waals surface area (Å²) in [5, 5.41) is 4.62. The molecule has 1 aromatic carbocycles. The molecular formula is C16H19ClN2O. The first-order chi connectivity index (χ1) is 9.35. The normalized spacial score (nSPS) is 11.9. The van der Waals surface area contributed by atoms with Crippen LogP contribution in [0.4, 0.5) is 0 Å². The number of halogens is 1. The minimum absolute atomic E-state index is 0.0140. The number of aromatic nitrogens is 2. The van der Waals surface area contributed by atoms with Crippen LogP contribution in [0.5, 0.6) is 0 Å². The van der Waals surface area contributed by atoms with E-state index in [2.05, 4.69) is 5.10 Å². The maximum atomic E-state index is 12.9. The molecule has 0 radical (unpaired) electrons. The Hall–Kier alpha value is -1.61. The smallest absolute Gasteiger partial charge is 0.192 e. The average Bonchev–Trinajstić information content (AvgIpc) is 2.80. The topological polar surface area (TPSA) is 34.9 Å². The van der Waals surface area contributed by atoms with E-state index in [1.807, 2.05) is 58.0 Å². The van der Waals surface area contributed by atoms with Crippen molar-refractivity contribution in [1.29, 1.82) is 0 Å². The highest BCUT2D eigenvalue weighted by molar-refractivity contribution is 6.34. The van der Waals surface area contributed by atoms with Gasteiger partial charge in [0.2, 0.25) is 0 Å². The molecule has 0 N–H and O–H groups in total. The minimum Gasteiger partial charge on any atom is -0.291 e. The third-order valence-electron chi connectivity index (χ3n) is 3.52. The van der Waals surface area contributed by atoms with Crippen LogP contribution in [0.3, 0.4) is 0 Å². The number of benzene rings is 1. The number of rotatable bonds is 4. The Kier molecular flexibility index (Phi) is 4.00. The van der Waals surface area contributed by atoms with E-state index in [0.29, 0.717) is 10.7 Å². The van der Waals surface area contributed by atoms with Crippen LogP contribution in [0.25, 0.3) is 0 Å². The average molecular weight is 291 g/mol. The molecule has 0 aliphatic carbocycles. The summed E-state index contributed by atoms with van der Waals surface area (Å²) < 4.78 is 1.69. The molecule has 0 spiro atoms. The molecule has 2 aromatic rings. The van der Waals surface area contributed by atoms with Crippen LogP contribution in [0, 0.1) is 0 Å². The molecule has 1 aromatic heterocycles. The van der Waals surface area contributed by atoms with Gasteiger partial charge in [0, 0.05) is 6.04 Å². The summed E-state index contributed by atoms with van der Waals surface area (Å²) in [6.07, 6.45) is 1.54. The van der Waals surface area contributed by atoms with E-state index in [-0.39, 0.29) is 11.8 Å². The molecule has 0 fully saturated rings. The molecule has 106 valence electrons. The van der Waals surface area contributed by atoms with E-state index in [0.717, 1.165) is 5.56 Å². The predicted molar refractivity (Wildman–Crippen MR) is 81.4 cm³/mol. The molecule has 0 unspecified atom stereocenters. The van der Waals surface area contributed by atoms with Crippen LogP contribution in [-0.2, 0) is 5.41 Å². The number of carbonyl (C=O) groups is 1.